The van der Waals surface area contributed by atoms with Crippen molar-refractivity contribution in [3.05, 3.63) is 0 Å². The Morgan fingerprint density at radius 1 is 1.24 bits per heavy atom. The molecule has 0 bridgehead atoms. The molecule has 2 fully saturated rings. The Balaban J connectivity index is 1.72. The normalized spacial score (nSPS) is 34.9. The summed E-state index contributed by atoms with van der Waals surface area (Å²) in [6, 6.07) is 0. The molecule has 100 valence electrons. The molecule has 0 amide bonds. The van der Waals surface area contributed by atoms with Crippen LogP contribution in [0.25, 0.3) is 0 Å². The quantitative estimate of drug-likeness (QED) is 0.624. The number of ether oxygens (including phenoxy) is 1. The van der Waals surface area contributed by atoms with Gasteiger partial charge in [-0.15, -0.1) is 0 Å². The Morgan fingerprint density at radius 2 is 2.00 bits per heavy atom. The number of nitrogens with one attached hydrogen (secondary N) is 1. The van der Waals surface area contributed by atoms with E-state index in [2.05, 4.69) is 12.2 Å². The van der Waals surface area contributed by atoms with Crippen molar-refractivity contribution >= 4 is 0 Å². The molecule has 0 aromatic heterocycles. The molecule has 2 unspecified atom stereocenters. The molecule has 0 heterocycles. The Morgan fingerprint density at radius 3 is 2.65 bits per heavy atom. The molecule has 2 heteroatoms. The van der Waals surface area contributed by atoms with E-state index in [1.807, 2.05) is 7.11 Å². The van der Waals surface area contributed by atoms with Crippen LogP contribution in [-0.2, 0) is 4.74 Å². The van der Waals surface area contributed by atoms with Gasteiger partial charge in [-0.2, -0.15) is 0 Å². The fourth-order valence-corrected chi connectivity index (χ4v) is 3.72. The van der Waals surface area contributed by atoms with Gasteiger partial charge in [0.05, 0.1) is 0 Å². The summed E-state index contributed by atoms with van der Waals surface area (Å²) in [4.78, 5) is 0. The summed E-state index contributed by atoms with van der Waals surface area (Å²) in [5.74, 6) is 2.20. The summed E-state index contributed by atoms with van der Waals surface area (Å²) in [6.07, 6.45) is 9.80. The molecule has 0 saturated heterocycles. The van der Waals surface area contributed by atoms with Gasteiger partial charge in [-0.3, -0.25) is 0 Å². The van der Waals surface area contributed by atoms with Crippen molar-refractivity contribution in [3.63, 3.8) is 0 Å². The molecule has 2 rings (SSSR count). The van der Waals surface area contributed by atoms with Crippen LogP contribution in [0.3, 0.4) is 0 Å². The molecule has 1 N–H and O–H groups in total. The zero-order valence-electron chi connectivity index (χ0n) is 11.6. The summed E-state index contributed by atoms with van der Waals surface area (Å²) < 4.78 is 5.15. The average Bonchev–Trinajstić information content (AvgIpc) is 2.94. The van der Waals surface area contributed by atoms with Gasteiger partial charge in [0.1, 0.15) is 0 Å². The third-order valence-corrected chi connectivity index (χ3v) is 4.69. The summed E-state index contributed by atoms with van der Waals surface area (Å²) in [7, 11) is 1.81. The molecule has 0 radical (unpaired) electrons. The zero-order valence-corrected chi connectivity index (χ0v) is 11.6. The molecule has 0 spiro atoms. The van der Waals surface area contributed by atoms with E-state index in [9.17, 15) is 0 Å². The van der Waals surface area contributed by atoms with Crippen LogP contribution in [0.2, 0.25) is 0 Å². The van der Waals surface area contributed by atoms with Crippen molar-refractivity contribution in [2.45, 2.75) is 51.9 Å². The molecule has 2 nitrogen and oxygen atoms in total. The van der Waals surface area contributed by atoms with Crippen LogP contribution in [0.15, 0.2) is 0 Å². The molecule has 2 aliphatic rings. The van der Waals surface area contributed by atoms with Gasteiger partial charge in [-0.25, -0.2) is 0 Å². The first-order valence-corrected chi connectivity index (χ1v) is 7.49. The van der Waals surface area contributed by atoms with Gasteiger partial charge in [-0.1, -0.05) is 13.3 Å². The Labute approximate surface area is 107 Å². The largest absolute Gasteiger partial charge is 0.385 e. The monoisotopic (exact) mass is 239 g/mol. The molecule has 2 atom stereocenters. The van der Waals surface area contributed by atoms with Crippen LogP contribution < -0.4 is 5.32 Å². The van der Waals surface area contributed by atoms with Crippen molar-refractivity contribution < 1.29 is 4.74 Å². The zero-order chi connectivity index (χ0) is 12.1. The molecular formula is C15H29NO. The van der Waals surface area contributed by atoms with Crippen LogP contribution in [0, 0.1) is 17.3 Å². The molecule has 2 aliphatic carbocycles. The minimum atomic E-state index is 0.649. The van der Waals surface area contributed by atoms with Crippen molar-refractivity contribution in [1.82, 2.24) is 5.32 Å². The van der Waals surface area contributed by atoms with Gasteiger partial charge in [0.15, 0.2) is 0 Å². The highest BCUT2D eigenvalue weighted by Crippen LogP contribution is 2.61. The smallest absolute Gasteiger partial charge is 0.0462 e. The number of fused-ring (bicyclic) bond motifs is 1. The van der Waals surface area contributed by atoms with Crippen LogP contribution in [0.4, 0.5) is 0 Å². The number of unbranched alkanes of at least 4 members (excludes halogenated alkanes) is 1. The van der Waals surface area contributed by atoms with E-state index >= 15 is 0 Å². The van der Waals surface area contributed by atoms with Gasteiger partial charge in [0, 0.05) is 20.3 Å². The number of hydrogen-bond donors (Lipinski definition) is 1. The number of methoxy groups -OCH3 is 1. The Hall–Kier alpha value is -0.0800. The maximum Gasteiger partial charge on any atom is 0.0462 e. The predicted molar refractivity (Wildman–Crippen MR) is 72.2 cm³/mol. The third-order valence-electron chi connectivity index (χ3n) is 4.69. The van der Waals surface area contributed by atoms with Gasteiger partial charge in [0.2, 0.25) is 0 Å². The first kappa shape index (κ1) is 13.4. The highest BCUT2D eigenvalue weighted by atomic mass is 16.5. The van der Waals surface area contributed by atoms with Crippen molar-refractivity contribution in [1.29, 1.82) is 0 Å². The van der Waals surface area contributed by atoms with E-state index in [0.717, 1.165) is 18.4 Å². The standard InChI is InChI=1S/C15H29NO/c1-3-7-16-12-15(6-4-5-8-17-2)10-13-9-14(13)11-15/h13-14,16H,3-12H2,1-2H3. The van der Waals surface area contributed by atoms with Crippen molar-refractivity contribution in [2.75, 3.05) is 26.8 Å². The fourth-order valence-electron chi connectivity index (χ4n) is 3.72. The first-order chi connectivity index (χ1) is 8.29. The van der Waals surface area contributed by atoms with Crippen molar-refractivity contribution in [3.8, 4) is 0 Å². The van der Waals surface area contributed by atoms with E-state index < -0.39 is 0 Å². The summed E-state index contributed by atoms with van der Waals surface area (Å²) >= 11 is 0. The summed E-state index contributed by atoms with van der Waals surface area (Å²) in [6.45, 7) is 5.64. The van der Waals surface area contributed by atoms with Gasteiger partial charge in [-0.05, 0) is 62.3 Å². The summed E-state index contributed by atoms with van der Waals surface area (Å²) in [5, 5.41) is 3.67. The van der Waals surface area contributed by atoms with E-state index in [0.29, 0.717) is 5.41 Å². The SMILES string of the molecule is CCCNCC1(CCCCOC)CC2CC2C1. The van der Waals surface area contributed by atoms with Gasteiger partial charge < -0.3 is 10.1 Å². The number of hydrogen-bond acceptors (Lipinski definition) is 2. The molecule has 0 aliphatic heterocycles. The van der Waals surface area contributed by atoms with Crippen LogP contribution in [0.5, 0.6) is 0 Å². The van der Waals surface area contributed by atoms with E-state index in [4.69, 9.17) is 4.74 Å². The maximum absolute atomic E-state index is 5.15. The Bertz CT molecular complexity index is 219. The van der Waals surface area contributed by atoms with Crippen LogP contribution in [-0.4, -0.2) is 26.8 Å². The van der Waals surface area contributed by atoms with Crippen LogP contribution in [0.1, 0.15) is 51.9 Å². The second kappa shape index (κ2) is 6.19. The molecule has 0 aromatic rings. The highest BCUT2D eigenvalue weighted by Gasteiger charge is 2.52. The molecular weight excluding hydrogens is 210 g/mol. The molecule has 17 heavy (non-hydrogen) atoms. The average molecular weight is 239 g/mol. The van der Waals surface area contributed by atoms with E-state index in [1.165, 1.54) is 58.0 Å². The van der Waals surface area contributed by atoms with E-state index in [-0.39, 0.29) is 0 Å². The Kier molecular flexibility index (Phi) is 4.87. The molecule has 0 aromatic carbocycles. The first-order valence-electron chi connectivity index (χ1n) is 7.49. The van der Waals surface area contributed by atoms with Gasteiger partial charge >= 0.3 is 0 Å². The minimum absolute atomic E-state index is 0.649. The maximum atomic E-state index is 5.15. The van der Waals surface area contributed by atoms with Gasteiger partial charge in [0.25, 0.3) is 0 Å². The second-order valence-corrected chi connectivity index (χ2v) is 6.29. The highest BCUT2D eigenvalue weighted by molar-refractivity contribution is 5.03. The lowest BCUT2D eigenvalue weighted by Crippen LogP contribution is -2.33. The summed E-state index contributed by atoms with van der Waals surface area (Å²) in [5.41, 5.74) is 0.649. The number of rotatable bonds is 9. The van der Waals surface area contributed by atoms with Crippen molar-refractivity contribution in [2.24, 2.45) is 17.3 Å². The lowest BCUT2D eigenvalue weighted by molar-refractivity contribution is 0.175. The predicted octanol–water partition coefficient (Wildman–Crippen LogP) is 3.22. The minimum Gasteiger partial charge on any atom is -0.385 e. The molecule has 2 saturated carbocycles. The third kappa shape index (κ3) is 3.69. The topological polar surface area (TPSA) is 21.3 Å². The fraction of sp³-hybridized carbons (Fsp3) is 1.00. The lowest BCUT2D eigenvalue weighted by Gasteiger charge is -2.31. The van der Waals surface area contributed by atoms with Crippen LogP contribution >= 0.6 is 0 Å². The van der Waals surface area contributed by atoms with E-state index in [1.54, 1.807) is 0 Å². The lowest BCUT2D eigenvalue weighted by atomic mass is 9.78. The second-order valence-electron chi connectivity index (χ2n) is 6.29.